The molecule has 0 spiro atoms. The van der Waals surface area contributed by atoms with Crippen LogP contribution in [0, 0.1) is 6.92 Å². The number of carbonyl (C=O) groups excluding carboxylic acids is 1. The maximum absolute atomic E-state index is 12.5. The topological polar surface area (TPSA) is 75.3 Å². The second kappa shape index (κ2) is 13.8. The zero-order valence-corrected chi connectivity index (χ0v) is 22.0. The monoisotopic (exact) mass is 528 g/mol. The van der Waals surface area contributed by atoms with Gasteiger partial charge in [0.1, 0.15) is 11.6 Å². The molecule has 1 aromatic carbocycles. The van der Waals surface area contributed by atoms with E-state index < -0.39 is 6.36 Å². The number of pyridine rings is 1. The predicted octanol–water partition coefficient (Wildman–Crippen LogP) is 6.15. The highest BCUT2D eigenvalue weighted by atomic mass is 19.4. The molecule has 3 rings (SSSR count). The van der Waals surface area contributed by atoms with Gasteiger partial charge in [-0.25, -0.2) is 4.98 Å². The third kappa shape index (κ3) is 9.37. The highest BCUT2D eigenvalue weighted by Crippen LogP contribution is 2.24. The predicted molar refractivity (Wildman–Crippen MR) is 146 cm³/mol. The van der Waals surface area contributed by atoms with Crippen molar-refractivity contribution in [2.24, 2.45) is 0 Å². The molecule has 0 bridgehead atoms. The van der Waals surface area contributed by atoms with Crippen molar-refractivity contribution in [3.05, 3.63) is 76.6 Å². The third-order valence-electron chi connectivity index (χ3n) is 6.00. The number of ether oxygens (including phenoxy) is 1. The van der Waals surface area contributed by atoms with Gasteiger partial charge in [-0.15, -0.1) is 13.2 Å². The summed E-state index contributed by atoms with van der Waals surface area (Å²) in [5.74, 6) is 0.348. The first-order chi connectivity index (χ1) is 18.2. The molecule has 9 heteroatoms. The highest BCUT2D eigenvalue weighted by Gasteiger charge is 2.30. The zero-order chi connectivity index (χ0) is 27.5. The molecular weight excluding hydrogens is 493 g/mol. The molecule has 1 unspecified atom stereocenters. The smallest absolute Gasteiger partial charge is 0.406 e. The van der Waals surface area contributed by atoms with Gasteiger partial charge in [0.2, 0.25) is 5.91 Å². The number of hydrogen-bond acceptors (Lipinski definition) is 5. The molecule has 0 fully saturated rings. The fourth-order valence-electron chi connectivity index (χ4n) is 4.20. The van der Waals surface area contributed by atoms with Crippen molar-refractivity contribution in [2.45, 2.75) is 58.9 Å². The van der Waals surface area contributed by atoms with Crippen LogP contribution in [0.4, 0.5) is 19.0 Å². The second-order valence-electron chi connectivity index (χ2n) is 9.08. The molecule has 1 heterocycles. The van der Waals surface area contributed by atoms with Gasteiger partial charge in [-0.05, 0) is 73.4 Å². The van der Waals surface area contributed by atoms with Crippen molar-refractivity contribution in [2.75, 3.05) is 18.4 Å². The molecule has 2 aromatic rings. The number of benzene rings is 1. The van der Waals surface area contributed by atoms with E-state index in [0.29, 0.717) is 23.7 Å². The molecule has 1 amide bonds. The van der Waals surface area contributed by atoms with Crippen molar-refractivity contribution >= 4 is 23.9 Å². The van der Waals surface area contributed by atoms with Crippen LogP contribution in [0.5, 0.6) is 5.75 Å². The number of halogens is 3. The fourth-order valence-corrected chi connectivity index (χ4v) is 4.20. The van der Waals surface area contributed by atoms with Gasteiger partial charge in [-0.1, -0.05) is 50.6 Å². The Labute approximate surface area is 222 Å². The van der Waals surface area contributed by atoms with Crippen LogP contribution in [0.3, 0.4) is 0 Å². The van der Waals surface area contributed by atoms with Crippen LogP contribution in [0.2, 0.25) is 0 Å². The molecule has 1 aromatic heterocycles. The number of hydrogen-bond donors (Lipinski definition) is 3. The number of anilines is 1. The largest absolute Gasteiger partial charge is 0.573 e. The van der Waals surface area contributed by atoms with Gasteiger partial charge < -0.3 is 20.7 Å². The molecule has 0 saturated heterocycles. The standard InChI is InChI=1S/C29H35F3N4O2/c1-4-7-23(33-5-2)19-34-27-18-20(3)25-16-12-22(13-17-26(25)36-27)35-28(37)9-6-8-21-10-14-24(15-11-21)38-29(30,31)32/h6,8,10-15,17-18,23,33H,4-5,7,9,16,19H2,1-3H3,(H,34,36)(H,35,37)/b8-6+. The summed E-state index contributed by atoms with van der Waals surface area (Å²) in [7, 11) is 0. The number of amides is 1. The van der Waals surface area contributed by atoms with Crippen LogP contribution < -0.4 is 20.7 Å². The average Bonchev–Trinajstić information content (AvgIpc) is 3.05. The number of aromatic nitrogens is 1. The van der Waals surface area contributed by atoms with Gasteiger partial charge in [0.05, 0.1) is 5.69 Å². The van der Waals surface area contributed by atoms with Crippen LogP contribution >= 0.6 is 0 Å². The third-order valence-corrected chi connectivity index (χ3v) is 6.00. The molecule has 0 aliphatic heterocycles. The van der Waals surface area contributed by atoms with Crippen molar-refractivity contribution in [1.82, 2.24) is 15.6 Å². The summed E-state index contributed by atoms with van der Waals surface area (Å²) in [6, 6.07) is 7.90. The molecule has 0 radical (unpaired) electrons. The molecule has 3 N–H and O–H groups in total. The van der Waals surface area contributed by atoms with Gasteiger partial charge in [0.25, 0.3) is 0 Å². The summed E-state index contributed by atoms with van der Waals surface area (Å²) in [4.78, 5) is 17.3. The lowest BCUT2D eigenvalue weighted by Gasteiger charge is -2.19. The number of nitrogens with zero attached hydrogens (tertiary/aromatic N) is 1. The number of aryl methyl sites for hydroxylation is 1. The molecule has 38 heavy (non-hydrogen) atoms. The number of likely N-dealkylation sites (N-methyl/N-ethyl adjacent to an activating group) is 1. The number of nitrogens with one attached hydrogen (secondary N) is 3. The SMILES string of the molecule is CCCC(CNc1cc(C)c2c(n1)C=CC(NC(=O)C/C=C/c1ccc(OC(F)(F)F)cc1)=CC2)NCC. The van der Waals surface area contributed by atoms with Crippen molar-refractivity contribution in [3.8, 4) is 5.75 Å². The first-order valence-electron chi connectivity index (χ1n) is 12.8. The molecule has 1 aliphatic rings. The quantitative estimate of drug-likeness (QED) is 0.308. The summed E-state index contributed by atoms with van der Waals surface area (Å²) in [5.41, 5.74) is 4.48. The molecule has 6 nitrogen and oxygen atoms in total. The van der Waals surface area contributed by atoms with Crippen LogP contribution in [0.25, 0.3) is 12.2 Å². The zero-order valence-electron chi connectivity index (χ0n) is 22.0. The van der Waals surface area contributed by atoms with Crippen LogP contribution in [-0.2, 0) is 11.2 Å². The molecule has 204 valence electrons. The summed E-state index contributed by atoms with van der Waals surface area (Å²) >= 11 is 0. The van der Waals surface area contributed by atoms with E-state index in [1.165, 1.54) is 24.3 Å². The van der Waals surface area contributed by atoms with E-state index in [2.05, 4.69) is 47.5 Å². The fraction of sp³-hybridized carbons (Fsp3) is 0.379. The number of carbonyl (C=O) groups is 1. The van der Waals surface area contributed by atoms with Crippen LogP contribution in [0.1, 0.15) is 55.5 Å². The van der Waals surface area contributed by atoms with E-state index in [-0.39, 0.29) is 18.1 Å². The number of fused-ring (bicyclic) bond motifs is 1. The normalized spacial score (nSPS) is 14.0. The van der Waals surface area contributed by atoms with E-state index in [9.17, 15) is 18.0 Å². The summed E-state index contributed by atoms with van der Waals surface area (Å²) in [6.45, 7) is 8.08. The Balaban J connectivity index is 1.55. The van der Waals surface area contributed by atoms with E-state index in [0.717, 1.165) is 48.6 Å². The Morgan fingerprint density at radius 2 is 1.95 bits per heavy atom. The molecule has 1 aliphatic carbocycles. The van der Waals surface area contributed by atoms with Crippen molar-refractivity contribution in [1.29, 1.82) is 0 Å². The maximum Gasteiger partial charge on any atom is 0.573 e. The van der Waals surface area contributed by atoms with E-state index in [4.69, 9.17) is 4.98 Å². The Hall–Kier alpha value is -3.59. The summed E-state index contributed by atoms with van der Waals surface area (Å²) in [5, 5.41) is 9.86. The lowest BCUT2D eigenvalue weighted by molar-refractivity contribution is -0.274. The lowest BCUT2D eigenvalue weighted by Crippen LogP contribution is -2.35. The van der Waals surface area contributed by atoms with Crippen LogP contribution in [0.15, 0.2) is 54.3 Å². The average molecular weight is 529 g/mol. The summed E-state index contributed by atoms with van der Waals surface area (Å²) in [6.07, 6.45) is 7.31. The number of allylic oxidation sites excluding steroid dienone is 2. The Bertz CT molecular complexity index is 1170. The first-order valence-corrected chi connectivity index (χ1v) is 12.8. The van der Waals surface area contributed by atoms with Gasteiger partial charge in [-0.3, -0.25) is 4.79 Å². The van der Waals surface area contributed by atoms with Crippen molar-refractivity contribution < 1.29 is 22.7 Å². The van der Waals surface area contributed by atoms with Crippen LogP contribution in [-0.4, -0.2) is 36.4 Å². The minimum absolute atomic E-state index is 0.120. The van der Waals surface area contributed by atoms with E-state index in [1.807, 2.05) is 18.2 Å². The number of alkyl halides is 3. The van der Waals surface area contributed by atoms with E-state index in [1.54, 1.807) is 12.2 Å². The number of rotatable bonds is 12. The van der Waals surface area contributed by atoms with Gasteiger partial charge in [-0.2, -0.15) is 0 Å². The lowest BCUT2D eigenvalue weighted by atomic mass is 10.0. The van der Waals surface area contributed by atoms with Crippen molar-refractivity contribution in [3.63, 3.8) is 0 Å². The minimum Gasteiger partial charge on any atom is -0.406 e. The molecule has 1 atom stereocenters. The molecule has 0 saturated carbocycles. The maximum atomic E-state index is 12.5. The van der Waals surface area contributed by atoms with Gasteiger partial charge >= 0.3 is 6.36 Å². The van der Waals surface area contributed by atoms with Gasteiger partial charge in [0, 0.05) is 24.7 Å². The Morgan fingerprint density at radius 3 is 2.63 bits per heavy atom. The summed E-state index contributed by atoms with van der Waals surface area (Å²) < 4.78 is 40.7. The van der Waals surface area contributed by atoms with Gasteiger partial charge in [0.15, 0.2) is 0 Å². The Morgan fingerprint density at radius 1 is 1.18 bits per heavy atom. The molecular formula is C29H35F3N4O2. The first kappa shape index (κ1) is 29.0. The van der Waals surface area contributed by atoms with E-state index >= 15 is 0 Å². The Kier molecular flexibility index (Phi) is 10.5. The highest BCUT2D eigenvalue weighted by molar-refractivity contribution is 5.81. The second-order valence-corrected chi connectivity index (χ2v) is 9.08. The minimum atomic E-state index is -4.73.